The molecule has 1 aromatic heterocycles. The summed E-state index contributed by atoms with van der Waals surface area (Å²) in [6.07, 6.45) is 6.28. The lowest BCUT2D eigenvalue weighted by molar-refractivity contribution is -0.136. The van der Waals surface area contributed by atoms with E-state index in [1.165, 1.54) is 31.0 Å². The summed E-state index contributed by atoms with van der Waals surface area (Å²) < 4.78 is 0. The van der Waals surface area contributed by atoms with E-state index in [9.17, 15) is 4.79 Å². The number of nitrogens with one attached hydrogen (secondary N) is 1. The lowest BCUT2D eigenvalue weighted by Crippen LogP contribution is -2.16. The Morgan fingerprint density at radius 3 is 2.76 bits per heavy atom. The quantitative estimate of drug-likeness (QED) is 0.520. The third-order valence-corrected chi connectivity index (χ3v) is 3.54. The maximum atomic E-state index is 11.0. The molecule has 2 N–H and O–H groups in total. The fraction of sp³-hybridized carbons (Fsp3) is 0.800. The van der Waals surface area contributed by atoms with Crippen molar-refractivity contribution in [2.75, 3.05) is 0 Å². The molecular formula is C10H18N4O2S. The van der Waals surface area contributed by atoms with Gasteiger partial charge in [0.2, 0.25) is 5.16 Å². The van der Waals surface area contributed by atoms with Crippen LogP contribution in [0.15, 0.2) is 5.16 Å². The number of unbranched alkanes of at least 4 members (excludes halogenated alkanes) is 4. The Morgan fingerprint density at radius 1 is 1.41 bits per heavy atom. The average Bonchev–Trinajstić information content (AvgIpc) is 2.79. The molecule has 0 amide bonds. The van der Waals surface area contributed by atoms with Crippen LogP contribution in [-0.4, -0.2) is 36.9 Å². The molecule has 0 aromatic carbocycles. The summed E-state index contributed by atoms with van der Waals surface area (Å²) in [5.74, 6) is -0.804. The van der Waals surface area contributed by atoms with E-state index in [0.29, 0.717) is 11.6 Å². The molecule has 0 aliphatic rings. The van der Waals surface area contributed by atoms with Gasteiger partial charge in [0, 0.05) is 0 Å². The molecule has 1 unspecified atom stereocenters. The van der Waals surface area contributed by atoms with Crippen molar-refractivity contribution in [1.29, 1.82) is 0 Å². The number of H-pyrrole nitrogens is 1. The minimum absolute atomic E-state index is 0.464. The molecular weight excluding hydrogens is 240 g/mol. The summed E-state index contributed by atoms with van der Waals surface area (Å²) in [7, 11) is 0. The molecule has 0 spiro atoms. The molecule has 1 aromatic rings. The highest BCUT2D eigenvalue weighted by molar-refractivity contribution is 8.00. The topological polar surface area (TPSA) is 91.8 Å². The summed E-state index contributed by atoms with van der Waals surface area (Å²) in [6.45, 7) is 2.16. The monoisotopic (exact) mass is 258 g/mol. The molecule has 0 saturated heterocycles. The summed E-state index contributed by atoms with van der Waals surface area (Å²) >= 11 is 1.18. The van der Waals surface area contributed by atoms with Gasteiger partial charge in [-0.05, 0) is 16.8 Å². The van der Waals surface area contributed by atoms with Crippen molar-refractivity contribution in [3.63, 3.8) is 0 Å². The number of carbonyl (C=O) groups is 1. The second-order valence-electron chi connectivity index (χ2n) is 3.85. The Bertz CT molecular complexity index is 318. The number of thioether (sulfide) groups is 1. The molecule has 0 radical (unpaired) electrons. The molecule has 0 aliphatic carbocycles. The minimum Gasteiger partial charge on any atom is -0.480 e. The van der Waals surface area contributed by atoms with Crippen molar-refractivity contribution in [2.45, 2.75) is 55.9 Å². The Kier molecular flexibility index (Phi) is 6.61. The first-order valence-corrected chi connectivity index (χ1v) is 6.75. The molecule has 1 atom stereocenters. The van der Waals surface area contributed by atoms with E-state index in [0.717, 1.165) is 12.8 Å². The van der Waals surface area contributed by atoms with Gasteiger partial charge in [0.1, 0.15) is 5.25 Å². The Labute approximate surface area is 105 Å². The molecule has 0 saturated carbocycles. The third-order valence-electron chi connectivity index (χ3n) is 2.43. The zero-order valence-corrected chi connectivity index (χ0v) is 10.7. The van der Waals surface area contributed by atoms with Gasteiger partial charge in [0.25, 0.3) is 0 Å². The fourth-order valence-corrected chi connectivity index (χ4v) is 2.33. The zero-order chi connectivity index (χ0) is 12.5. The number of carboxylic acid groups (broad SMARTS) is 1. The van der Waals surface area contributed by atoms with Gasteiger partial charge in [-0.3, -0.25) is 4.79 Å². The van der Waals surface area contributed by atoms with Crippen LogP contribution in [0.1, 0.15) is 45.4 Å². The molecule has 7 heteroatoms. The summed E-state index contributed by atoms with van der Waals surface area (Å²) in [6, 6.07) is 0. The largest absolute Gasteiger partial charge is 0.480 e. The third kappa shape index (κ3) is 5.67. The van der Waals surface area contributed by atoms with Crippen LogP contribution in [0, 0.1) is 0 Å². The van der Waals surface area contributed by atoms with E-state index in [1.54, 1.807) is 0 Å². The van der Waals surface area contributed by atoms with E-state index in [1.807, 2.05) is 0 Å². The highest BCUT2D eigenvalue weighted by Crippen LogP contribution is 2.23. The second kappa shape index (κ2) is 8.05. The number of hydrogen-bond acceptors (Lipinski definition) is 5. The van der Waals surface area contributed by atoms with Crippen LogP contribution >= 0.6 is 11.8 Å². The highest BCUT2D eigenvalue weighted by Gasteiger charge is 2.20. The Hall–Kier alpha value is -1.11. The molecule has 6 nitrogen and oxygen atoms in total. The Morgan fingerprint density at radius 2 is 2.18 bits per heavy atom. The van der Waals surface area contributed by atoms with Gasteiger partial charge in [-0.15, -0.1) is 5.10 Å². The van der Waals surface area contributed by atoms with Gasteiger partial charge >= 0.3 is 5.97 Å². The first-order chi connectivity index (χ1) is 8.24. The maximum absolute atomic E-state index is 11.0. The van der Waals surface area contributed by atoms with Gasteiger partial charge in [0.05, 0.1) is 0 Å². The number of rotatable bonds is 9. The number of carboxylic acids is 1. The van der Waals surface area contributed by atoms with Crippen molar-refractivity contribution < 1.29 is 9.90 Å². The maximum Gasteiger partial charge on any atom is 0.317 e. The molecule has 0 bridgehead atoms. The van der Waals surface area contributed by atoms with Crippen LogP contribution in [-0.2, 0) is 4.79 Å². The molecule has 96 valence electrons. The van der Waals surface area contributed by atoms with Gasteiger partial charge in [-0.1, -0.05) is 50.8 Å². The van der Waals surface area contributed by atoms with Crippen LogP contribution in [0.3, 0.4) is 0 Å². The van der Waals surface area contributed by atoms with Crippen LogP contribution in [0.25, 0.3) is 0 Å². The number of aromatic nitrogens is 4. The van der Waals surface area contributed by atoms with E-state index in [-0.39, 0.29) is 0 Å². The standard InChI is InChI=1S/C10H18N4O2S/c1-2-3-4-5-6-7-8(9(15)16)17-10-11-13-14-12-10/h8H,2-7H2,1H3,(H,15,16)(H,11,12,13,14). The summed E-state index contributed by atoms with van der Waals surface area (Å²) in [5.41, 5.74) is 0. The molecule has 1 heterocycles. The zero-order valence-electron chi connectivity index (χ0n) is 9.93. The van der Waals surface area contributed by atoms with E-state index < -0.39 is 11.2 Å². The van der Waals surface area contributed by atoms with Crippen molar-refractivity contribution in [3.05, 3.63) is 0 Å². The van der Waals surface area contributed by atoms with Crippen LogP contribution < -0.4 is 0 Å². The van der Waals surface area contributed by atoms with Gasteiger partial charge in [0.15, 0.2) is 0 Å². The van der Waals surface area contributed by atoms with E-state index in [4.69, 9.17) is 5.11 Å². The summed E-state index contributed by atoms with van der Waals surface area (Å²) in [4.78, 5) is 11.0. The smallest absolute Gasteiger partial charge is 0.317 e. The van der Waals surface area contributed by atoms with Crippen LogP contribution in [0.5, 0.6) is 0 Å². The van der Waals surface area contributed by atoms with Gasteiger partial charge in [-0.25, -0.2) is 5.10 Å². The van der Waals surface area contributed by atoms with Crippen molar-refractivity contribution in [2.24, 2.45) is 0 Å². The van der Waals surface area contributed by atoms with Gasteiger partial charge < -0.3 is 5.11 Å². The fourth-order valence-electron chi connectivity index (χ4n) is 1.50. The normalized spacial score (nSPS) is 12.5. The van der Waals surface area contributed by atoms with Crippen LogP contribution in [0.2, 0.25) is 0 Å². The summed E-state index contributed by atoms with van der Waals surface area (Å²) in [5, 5.41) is 22.2. The number of aliphatic carboxylic acids is 1. The number of tetrazole rings is 1. The lowest BCUT2D eigenvalue weighted by atomic mass is 10.1. The number of hydrogen-bond donors (Lipinski definition) is 2. The minimum atomic E-state index is -0.804. The van der Waals surface area contributed by atoms with Crippen molar-refractivity contribution in [3.8, 4) is 0 Å². The van der Waals surface area contributed by atoms with E-state index in [2.05, 4.69) is 27.5 Å². The second-order valence-corrected chi connectivity index (χ2v) is 5.05. The SMILES string of the molecule is CCCCCCCC(Sc1nnn[nH]1)C(=O)O. The predicted octanol–water partition coefficient (Wildman–Crippen LogP) is 2.11. The first-order valence-electron chi connectivity index (χ1n) is 5.87. The van der Waals surface area contributed by atoms with Crippen LogP contribution in [0.4, 0.5) is 0 Å². The highest BCUT2D eigenvalue weighted by atomic mass is 32.2. The van der Waals surface area contributed by atoms with Crippen molar-refractivity contribution in [1.82, 2.24) is 20.6 Å². The molecule has 17 heavy (non-hydrogen) atoms. The average molecular weight is 258 g/mol. The lowest BCUT2D eigenvalue weighted by Gasteiger charge is -2.09. The first kappa shape index (κ1) is 14.0. The number of nitrogens with zero attached hydrogens (tertiary/aromatic N) is 3. The Balaban J connectivity index is 2.26. The molecule has 1 rings (SSSR count). The molecule has 0 fully saturated rings. The predicted molar refractivity (Wildman–Crippen MR) is 64.8 cm³/mol. The van der Waals surface area contributed by atoms with Gasteiger partial charge in [-0.2, -0.15) is 0 Å². The van der Waals surface area contributed by atoms with E-state index >= 15 is 0 Å². The molecule has 0 aliphatic heterocycles. The number of aromatic amines is 1. The van der Waals surface area contributed by atoms with Crippen molar-refractivity contribution >= 4 is 17.7 Å².